The average Bonchev–Trinajstić information content (AvgIpc) is 3.76. The summed E-state index contributed by atoms with van der Waals surface area (Å²) in [4.78, 5) is 62.8. The van der Waals surface area contributed by atoms with Crippen LogP contribution in [0.25, 0.3) is 11.1 Å². The summed E-state index contributed by atoms with van der Waals surface area (Å²) in [7, 11) is 0. The quantitative estimate of drug-likeness (QED) is 0.140. The zero-order valence-electron chi connectivity index (χ0n) is 28.5. The van der Waals surface area contributed by atoms with Gasteiger partial charge in [0.05, 0.1) is 6.54 Å². The highest BCUT2D eigenvalue weighted by atomic mass is 32.1. The number of fused-ring (bicyclic) bond motifs is 4. The highest BCUT2D eigenvalue weighted by molar-refractivity contribution is 7.16. The van der Waals surface area contributed by atoms with Gasteiger partial charge in [-0.25, -0.2) is 9.59 Å². The number of alkyl carbamates (subject to hydrolysis) is 1. The number of ether oxygens (including phenoxy) is 2. The van der Waals surface area contributed by atoms with Crippen molar-refractivity contribution in [1.82, 2.24) is 10.2 Å². The van der Waals surface area contributed by atoms with Crippen molar-refractivity contribution in [2.45, 2.75) is 32.9 Å². The molecule has 3 N–H and O–H groups in total. The van der Waals surface area contributed by atoms with E-state index < -0.39 is 18.1 Å². The number of hydrogen-bond acceptors (Lipinski definition) is 9. The van der Waals surface area contributed by atoms with Crippen LogP contribution < -0.4 is 16.0 Å². The van der Waals surface area contributed by atoms with Crippen LogP contribution >= 0.6 is 22.7 Å². The highest BCUT2D eigenvalue weighted by Gasteiger charge is 2.29. The summed E-state index contributed by atoms with van der Waals surface area (Å²) in [5.74, 6) is -0.660. The number of hydrogen-bond donors (Lipinski definition) is 3. The van der Waals surface area contributed by atoms with Crippen molar-refractivity contribution in [3.8, 4) is 11.1 Å². The minimum atomic E-state index is -0.662. The Bertz CT molecular complexity index is 2060. The predicted molar refractivity (Wildman–Crippen MR) is 201 cm³/mol. The van der Waals surface area contributed by atoms with E-state index in [-0.39, 0.29) is 38.1 Å². The van der Waals surface area contributed by atoms with Crippen LogP contribution in [0.1, 0.15) is 48.3 Å². The summed E-state index contributed by atoms with van der Waals surface area (Å²) in [5, 5.41) is 9.23. The lowest BCUT2D eigenvalue weighted by atomic mass is 9.98. The van der Waals surface area contributed by atoms with E-state index in [1.54, 1.807) is 6.07 Å². The van der Waals surface area contributed by atoms with Gasteiger partial charge in [0.15, 0.2) is 6.29 Å². The fraction of sp³-hybridized carbons (Fsp3) is 0.205. The molecule has 2 aliphatic rings. The van der Waals surface area contributed by atoms with Crippen molar-refractivity contribution in [3.05, 3.63) is 129 Å². The molecule has 266 valence electrons. The zero-order chi connectivity index (χ0) is 36.6. The van der Waals surface area contributed by atoms with Gasteiger partial charge in [0.2, 0.25) is 11.8 Å². The summed E-state index contributed by atoms with van der Waals surface area (Å²) in [5.41, 5.74) is 6.84. The lowest BCUT2D eigenvalue weighted by molar-refractivity contribution is -0.117. The van der Waals surface area contributed by atoms with Crippen LogP contribution in [0.2, 0.25) is 0 Å². The van der Waals surface area contributed by atoms with Crippen molar-refractivity contribution in [1.29, 1.82) is 0 Å². The number of amides is 4. The molecule has 3 aromatic carbocycles. The standard InChI is InChI=1S/C23H20N2O4S.C16H16N2O3S/c1-14-10-15(12-26)22(30-14)25-21(27)11-24-23(28)29-13-20-18-8-4-2-6-16(18)17-7-3-5-9-19(17)20;1-11-7-13-8-18(9-14(19)17-15(13)22-11)16(20)21-10-12-5-3-2-4-6-12/h2-10,12,20H,11,13H2,1H3,(H,24,28)(H,25,27);2-7H,8-10H2,1H3,(H,17,19). The summed E-state index contributed by atoms with van der Waals surface area (Å²) >= 11 is 2.83. The second-order valence-corrected chi connectivity index (χ2v) is 14.7. The minimum absolute atomic E-state index is 0.00801. The summed E-state index contributed by atoms with van der Waals surface area (Å²) in [6.45, 7) is 4.35. The van der Waals surface area contributed by atoms with Gasteiger partial charge in [-0.05, 0) is 53.8 Å². The summed E-state index contributed by atoms with van der Waals surface area (Å²) in [6, 6.07) is 29.3. The van der Waals surface area contributed by atoms with Crippen molar-refractivity contribution in [3.63, 3.8) is 0 Å². The first-order valence-electron chi connectivity index (χ1n) is 16.5. The molecule has 7 rings (SSSR count). The molecule has 0 saturated heterocycles. The third-order valence-electron chi connectivity index (χ3n) is 8.35. The Hall–Kier alpha value is -5.79. The maximum Gasteiger partial charge on any atom is 0.410 e. The Morgan fingerprint density at radius 2 is 1.52 bits per heavy atom. The maximum absolute atomic E-state index is 12.2. The number of carbonyl (C=O) groups excluding carboxylic acids is 5. The Morgan fingerprint density at radius 3 is 2.21 bits per heavy atom. The molecule has 4 amide bonds. The van der Waals surface area contributed by atoms with E-state index in [1.165, 1.54) is 27.6 Å². The Balaban J connectivity index is 0.000000187. The van der Waals surface area contributed by atoms with E-state index in [0.717, 1.165) is 48.1 Å². The van der Waals surface area contributed by atoms with E-state index in [0.29, 0.717) is 23.4 Å². The van der Waals surface area contributed by atoms with E-state index in [1.807, 2.05) is 86.6 Å². The van der Waals surface area contributed by atoms with Crippen molar-refractivity contribution >= 4 is 63.0 Å². The second-order valence-electron chi connectivity index (χ2n) is 12.1. The Morgan fingerprint density at radius 1 is 0.865 bits per heavy atom. The van der Waals surface area contributed by atoms with Crippen LogP contribution in [0.15, 0.2) is 91.0 Å². The van der Waals surface area contributed by atoms with E-state index in [2.05, 4.69) is 28.1 Å². The van der Waals surface area contributed by atoms with Crippen LogP contribution in [0.4, 0.5) is 19.6 Å². The SMILES string of the molecule is Cc1cc(C=O)c(NC(=O)CNC(=O)OCC2c3ccccc3-c3ccccc32)s1.Cc1cc2c(s1)NC(=O)CN(C(=O)OCc1ccccc1)C2. The van der Waals surface area contributed by atoms with Gasteiger partial charge in [-0.1, -0.05) is 78.9 Å². The Labute approximate surface area is 308 Å². The fourth-order valence-electron chi connectivity index (χ4n) is 6.02. The number of nitrogens with zero attached hydrogens (tertiary/aromatic N) is 1. The number of anilines is 2. The number of thiophene rings is 2. The lowest BCUT2D eigenvalue weighted by Crippen LogP contribution is -2.35. The number of rotatable bonds is 8. The largest absolute Gasteiger partial charge is 0.449 e. The van der Waals surface area contributed by atoms with Crippen molar-refractivity contribution < 1.29 is 33.4 Å². The maximum atomic E-state index is 12.2. The number of benzene rings is 3. The zero-order valence-corrected chi connectivity index (χ0v) is 30.1. The van der Waals surface area contributed by atoms with Crippen molar-refractivity contribution in [2.75, 3.05) is 30.3 Å². The average molecular weight is 737 g/mol. The molecule has 0 unspecified atom stereocenters. The second kappa shape index (κ2) is 16.5. The summed E-state index contributed by atoms with van der Waals surface area (Å²) < 4.78 is 10.7. The van der Waals surface area contributed by atoms with Crippen LogP contribution in [0, 0.1) is 13.8 Å². The molecular formula is C39H36N4O7S2. The number of aryl methyl sites for hydroxylation is 2. The van der Waals surface area contributed by atoms with Crippen LogP contribution in [0.3, 0.4) is 0 Å². The van der Waals surface area contributed by atoms with Gasteiger partial charge in [0.25, 0.3) is 0 Å². The molecule has 52 heavy (non-hydrogen) atoms. The first-order chi connectivity index (χ1) is 25.2. The van der Waals surface area contributed by atoms with Gasteiger partial charge in [-0.15, -0.1) is 22.7 Å². The molecule has 0 spiro atoms. The topological polar surface area (TPSA) is 143 Å². The molecule has 0 atom stereocenters. The molecule has 0 fully saturated rings. The van der Waals surface area contributed by atoms with Gasteiger partial charge in [0.1, 0.15) is 36.3 Å². The number of nitrogens with one attached hydrogen (secondary N) is 3. The molecule has 13 heteroatoms. The fourth-order valence-corrected chi connectivity index (χ4v) is 7.86. The number of aldehydes is 1. The molecule has 0 saturated carbocycles. The third kappa shape index (κ3) is 8.74. The molecule has 11 nitrogen and oxygen atoms in total. The predicted octanol–water partition coefficient (Wildman–Crippen LogP) is 7.49. The van der Waals surface area contributed by atoms with Crippen LogP contribution in [-0.4, -0.2) is 54.9 Å². The molecule has 1 aliphatic heterocycles. The highest BCUT2D eigenvalue weighted by Crippen LogP contribution is 2.44. The van der Waals surface area contributed by atoms with Gasteiger partial charge < -0.3 is 25.4 Å². The van der Waals surface area contributed by atoms with Gasteiger partial charge in [0, 0.05) is 26.8 Å². The van der Waals surface area contributed by atoms with Crippen LogP contribution in [-0.2, 0) is 32.2 Å². The van der Waals surface area contributed by atoms with E-state index >= 15 is 0 Å². The molecule has 0 bridgehead atoms. The minimum Gasteiger partial charge on any atom is -0.449 e. The van der Waals surface area contributed by atoms with Crippen LogP contribution in [0.5, 0.6) is 0 Å². The molecule has 3 heterocycles. The normalized spacial score (nSPS) is 12.9. The van der Waals surface area contributed by atoms with E-state index in [4.69, 9.17) is 9.47 Å². The Kier molecular flexibility index (Phi) is 11.4. The van der Waals surface area contributed by atoms with Gasteiger partial charge in [-0.2, -0.15) is 0 Å². The molecule has 0 radical (unpaired) electrons. The first-order valence-corrected chi connectivity index (χ1v) is 18.1. The lowest BCUT2D eigenvalue weighted by Gasteiger charge is -2.18. The van der Waals surface area contributed by atoms with Crippen molar-refractivity contribution in [2.24, 2.45) is 0 Å². The van der Waals surface area contributed by atoms with E-state index in [9.17, 15) is 24.0 Å². The molecular weight excluding hydrogens is 701 g/mol. The third-order valence-corrected chi connectivity index (χ3v) is 10.3. The monoisotopic (exact) mass is 736 g/mol. The number of carbonyl (C=O) groups is 5. The summed E-state index contributed by atoms with van der Waals surface area (Å²) in [6.07, 6.45) is -0.446. The molecule has 5 aromatic rings. The molecule has 2 aromatic heterocycles. The first kappa shape index (κ1) is 36.0. The van der Waals surface area contributed by atoms with Gasteiger partial charge in [-0.3, -0.25) is 19.3 Å². The smallest absolute Gasteiger partial charge is 0.410 e. The van der Waals surface area contributed by atoms with Gasteiger partial charge >= 0.3 is 12.2 Å². The molecule has 1 aliphatic carbocycles.